The molecule has 6 heteroatoms. The van der Waals surface area contributed by atoms with Crippen molar-refractivity contribution in [3.05, 3.63) is 59.9 Å². The van der Waals surface area contributed by atoms with Crippen molar-refractivity contribution in [2.45, 2.75) is 56.0 Å². The van der Waals surface area contributed by atoms with E-state index in [2.05, 4.69) is 41.1 Å². The number of likely N-dealkylation sites (tertiary alicyclic amines) is 1. The minimum atomic E-state index is -0.463. The third-order valence-corrected chi connectivity index (χ3v) is 8.69. The highest BCUT2D eigenvalue weighted by Gasteiger charge is 2.39. The Morgan fingerprint density at radius 2 is 1.75 bits per heavy atom. The predicted molar refractivity (Wildman–Crippen MR) is 129 cm³/mol. The van der Waals surface area contributed by atoms with Gasteiger partial charge >= 0.3 is 0 Å². The molecule has 1 aliphatic carbocycles. The van der Waals surface area contributed by atoms with Crippen LogP contribution in [0.3, 0.4) is 0 Å². The summed E-state index contributed by atoms with van der Waals surface area (Å²) in [6.07, 6.45) is 6.05. The van der Waals surface area contributed by atoms with E-state index in [-0.39, 0.29) is 5.82 Å². The van der Waals surface area contributed by atoms with E-state index >= 15 is 0 Å². The van der Waals surface area contributed by atoms with E-state index in [0.29, 0.717) is 12.1 Å². The maximum absolute atomic E-state index is 13.3. The lowest BCUT2D eigenvalue weighted by molar-refractivity contribution is 0.108. The lowest BCUT2D eigenvalue weighted by atomic mass is 9.69. The molecule has 1 saturated heterocycles. The van der Waals surface area contributed by atoms with Gasteiger partial charge in [0.25, 0.3) is 0 Å². The van der Waals surface area contributed by atoms with Crippen LogP contribution < -0.4 is 4.90 Å². The van der Waals surface area contributed by atoms with Gasteiger partial charge in [-0.1, -0.05) is 35.6 Å². The molecule has 0 N–H and O–H groups in total. The summed E-state index contributed by atoms with van der Waals surface area (Å²) in [5.41, 5.74) is 1.59. The number of aromatic nitrogens is 1. The highest BCUT2D eigenvalue weighted by molar-refractivity contribution is 7.22. The monoisotopic (exact) mass is 448 g/mol. The number of anilines is 1. The standard InChI is InChI=1S/C26H29FN4S/c1-30(25-29-23-4-2-3-5-24(23)32-25)21-12-16-31(17-13-21)22-10-14-26(18-28,15-11-22)19-6-8-20(27)9-7-19/h2-9,21-22H,10-17H2,1H3. The summed E-state index contributed by atoms with van der Waals surface area (Å²) in [4.78, 5) is 9.84. The van der Waals surface area contributed by atoms with Gasteiger partial charge < -0.3 is 9.80 Å². The Balaban J connectivity index is 1.18. The van der Waals surface area contributed by atoms with Crippen LogP contribution in [0, 0.1) is 17.1 Å². The summed E-state index contributed by atoms with van der Waals surface area (Å²) in [5, 5.41) is 11.1. The first-order valence-corrected chi connectivity index (χ1v) is 12.4. The first kappa shape index (κ1) is 21.4. The Morgan fingerprint density at radius 1 is 1.06 bits per heavy atom. The van der Waals surface area contributed by atoms with Crippen LogP contribution in [0.25, 0.3) is 10.2 Å². The number of hydrogen-bond acceptors (Lipinski definition) is 5. The SMILES string of the molecule is CN(c1nc2ccccc2s1)C1CCN(C2CCC(C#N)(c3ccc(F)cc3)CC2)CC1. The maximum atomic E-state index is 13.3. The number of piperidine rings is 1. The van der Waals surface area contributed by atoms with Crippen LogP contribution in [0.1, 0.15) is 44.1 Å². The van der Waals surface area contributed by atoms with E-state index in [1.807, 2.05) is 6.07 Å². The predicted octanol–water partition coefficient (Wildman–Crippen LogP) is 5.74. The van der Waals surface area contributed by atoms with Crippen LogP contribution >= 0.6 is 11.3 Å². The molecule has 0 unspecified atom stereocenters. The Bertz CT molecular complexity index is 1070. The lowest BCUT2D eigenvalue weighted by Crippen LogP contribution is -2.49. The van der Waals surface area contributed by atoms with Crippen LogP contribution in [0.5, 0.6) is 0 Å². The van der Waals surface area contributed by atoms with E-state index in [1.165, 1.54) is 16.8 Å². The lowest BCUT2D eigenvalue weighted by Gasteiger charge is -2.44. The topological polar surface area (TPSA) is 43.2 Å². The quantitative estimate of drug-likeness (QED) is 0.510. The molecule has 0 radical (unpaired) electrons. The summed E-state index contributed by atoms with van der Waals surface area (Å²) >= 11 is 1.78. The molecular formula is C26H29FN4S. The van der Waals surface area contributed by atoms with Gasteiger partial charge in [-0.15, -0.1) is 0 Å². The number of nitrogens with zero attached hydrogens (tertiary/aromatic N) is 4. The average Bonchev–Trinajstić information content (AvgIpc) is 3.29. The second-order valence-corrected chi connectivity index (χ2v) is 10.3. The molecular weight excluding hydrogens is 419 g/mol. The van der Waals surface area contributed by atoms with Gasteiger partial charge in [0.15, 0.2) is 5.13 Å². The number of hydrogen-bond donors (Lipinski definition) is 0. The van der Waals surface area contributed by atoms with Gasteiger partial charge in [0.2, 0.25) is 0 Å². The number of thiazole rings is 1. The van der Waals surface area contributed by atoms with Gasteiger partial charge in [0.05, 0.1) is 21.7 Å². The molecule has 1 saturated carbocycles. The number of benzene rings is 2. The number of para-hydroxylation sites is 1. The minimum Gasteiger partial charge on any atom is -0.348 e. The third kappa shape index (κ3) is 4.00. The molecule has 0 amide bonds. The van der Waals surface area contributed by atoms with E-state index in [9.17, 15) is 9.65 Å². The molecule has 2 fully saturated rings. The Kier molecular flexibility index (Phi) is 5.88. The van der Waals surface area contributed by atoms with Gasteiger partial charge in [-0.3, -0.25) is 0 Å². The van der Waals surface area contributed by atoms with Crippen molar-refractivity contribution < 1.29 is 4.39 Å². The molecule has 3 aromatic rings. The van der Waals surface area contributed by atoms with Crippen molar-refractivity contribution >= 4 is 26.7 Å². The van der Waals surface area contributed by atoms with E-state index in [1.54, 1.807) is 23.5 Å². The normalized spacial score (nSPS) is 25.0. The molecule has 0 atom stereocenters. The van der Waals surface area contributed by atoms with Gasteiger partial charge in [-0.05, 0) is 68.4 Å². The zero-order valence-corrected chi connectivity index (χ0v) is 19.3. The molecule has 5 rings (SSSR count). The number of rotatable bonds is 4. The molecule has 4 nitrogen and oxygen atoms in total. The average molecular weight is 449 g/mol. The van der Waals surface area contributed by atoms with E-state index in [0.717, 1.165) is 67.8 Å². The van der Waals surface area contributed by atoms with Gasteiger partial charge in [-0.2, -0.15) is 5.26 Å². The Labute approximate surface area is 193 Å². The van der Waals surface area contributed by atoms with Crippen molar-refractivity contribution in [2.24, 2.45) is 0 Å². The number of nitriles is 1. The van der Waals surface area contributed by atoms with Crippen LogP contribution in [0.2, 0.25) is 0 Å². The van der Waals surface area contributed by atoms with Crippen molar-refractivity contribution in [2.75, 3.05) is 25.0 Å². The number of halogens is 1. The zero-order chi connectivity index (χ0) is 22.1. The first-order valence-electron chi connectivity index (χ1n) is 11.6. The smallest absolute Gasteiger partial charge is 0.186 e. The minimum absolute atomic E-state index is 0.241. The molecule has 166 valence electrons. The summed E-state index contributed by atoms with van der Waals surface area (Å²) in [6.45, 7) is 2.20. The second-order valence-electron chi connectivity index (χ2n) is 9.27. The summed E-state index contributed by atoms with van der Waals surface area (Å²) < 4.78 is 14.6. The maximum Gasteiger partial charge on any atom is 0.186 e. The van der Waals surface area contributed by atoms with Crippen molar-refractivity contribution in [3.8, 4) is 6.07 Å². The molecule has 32 heavy (non-hydrogen) atoms. The second kappa shape index (κ2) is 8.80. The fourth-order valence-electron chi connectivity index (χ4n) is 5.50. The Morgan fingerprint density at radius 3 is 2.41 bits per heavy atom. The third-order valence-electron chi connectivity index (χ3n) is 7.57. The van der Waals surface area contributed by atoms with E-state index < -0.39 is 5.41 Å². The molecule has 2 aliphatic rings. The first-order chi connectivity index (χ1) is 15.6. The zero-order valence-electron chi connectivity index (χ0n) is 18.5. The molecule has 1 aromatic heterocycles. The highest BCUT2D eigenvalue weighted by atomic mass is 32.1. The van der Waals surface area contributed by atoms with Crippen LogP contribution in [-0.2, 0) is 5.41 Å². The summed E-state index contributed by atoms with van der Waals surface area (Å²) in [5.74, 6) is -0.241. The van der Waals surface area contributed by atoms with E-state index in [4.69, 9.17) is 4.98 Å². The van der Waals surface area contributed by atoms with Crippen molar-refractivity contribution in [3.63, 3.8) is 0 Å². The fraction of sp³-hybridized carbons (Fsp3) is 0.462. The van der Waals surface area contributed by atoms with Gasteiger partial charge in [0.1, 0.15) is 5.82 Å². The van der Waals surface area contributed by atoms with Crippen molar-refractivity contribution in [1.29, 1.82) is 5.26 Å². The summed E-state index contributed by atoms with van der Waals surface area (Å²) in [6, 6.07) is 18.5. The van der Waals surface area contributed by atoms with Gasteiger partial charge in [-0.25, -0.2) is 9.37 Å². The number of fused-ring (bicyclic) bond motifs is 1. The van der Waals surface area contributed by atoms with Crippen LogP contribution in [-0.4, -0.2) is 42.1 Å². The molecule has 0 spiro atoms. The van der Waals surface area contributed by atoms with Crippen LogP contribution in [0.4, 0.5) is 9.52 Å². The molecule has 2 aromatic carbocycles. The molecule has 0 bridgehead atoms. The van der Waals surface area contributed by atoms with Gasteiger partial charge in [0, 0.05) is 32.2 Å². The fourth-order valence-corrected chi connectivity index (χ4v) is 6.50. The Hall–Kier alpha value is -2.49. The highest BCUT2D eigenvalue weighted by Crippen LogP contribution is 2.41. The van der Waals surface area contributed by atoms with Crippen LogP contribution in [0.15, 0.2) is 48.5 Å². The largest absolute Gasteiger partial charge is 0.348 e. The molecule has 2 heterocycles. The summed E-state index contributed by atoms with van der Waals surface area (Å²) in [7, 11) is 2.18. The molecule has 1 aliphatic heterocycles. The van der Waals surface area contributed by atoms with Crippen molar-refractivity contribution in [1.82, 2.24) is 9.88 Å².